The Kier molecular flexibility index (Phi) is 5.58. The van der Waals surface area contributed by atoms with E-state index in [1.54, 1.807) is 19.1 Å². The average Bonchev–Trinajstić information content (AvgIpc) is 3.25. The van der Waals surface area contributed by atoms with E-state index in [1.165, 1.54) is 20.2 Å². The van der Waals surface area contributed by atoms with Crippen LogP contribution >= 0.6 is 0 Å². The molecule has 1 N–H and O–H groups in total. The minimum absolute atomic E-state index is 0.0434. The van der Waals surface area contributed by atoms with Crippen LogP contribution in [0.5, 0.6) is 0 Å². The van der Waals surface area contributed by atoms with Gasteiger partial charge in [0.15, 0.2) is 0 Å². The van der Waals surface area contributed by atoms with E-state index in [1.807, 2.05) is 4.90 Å². The van der Waals surface area contributed by atoms with Crippen molar-refractivity contribution in [3.8, 4) is 0 Å². The van der Waals surface area contributed by atoms with E-state index in [0.717, 1.165) is 30.0 Å². The molecule has 0 radical (unpaired) electrons. The summed E-state index contributed by atoms with van der Waals surface area (Å²) in [5, 5.41) is 2.79. The maximum Gasteiger partial charge on any atom is 0.242 e. The van der Waals surface area contributed by atoms with Gasteiger partial charge < -0.3 is 10.2 Å². The SMILES string of the molecule is Cc1ccc(NC(=O)[C@H]2CC(=O)N(C3CCCC3)C2)cc1S(=O)(=O)N(C)C. The van der Waals surface area contributed by atoms with E-state index in [0.29, 0.717) is 17.8 Å². The molecule has 1 aliphatic heterocycles. The Hall–Kier alpha value is -1.93. The highest BCUT2D eigenvalue weighted by molar-refractivity contribution is 7.89. The molecule has 3 rings (SSSR count). The highest BCUT2D eigenvalue weighted by atomic mass is 32.2. The Bertz CT molecular complexity index is 845. The Morgan fingerprint density at radius 1 is 1.22 bits per heavy atom. The largest absolute Gasteiger partial charge is 0.339 e. The normalized spacial score (nSPS) is 21.3. The second-order valence-corrected chi connectivity index (χ2v) is 9.76. The van der Waals surface area contributed by atoms with Crippen molar-refractivity contribution in [1.82, 2.24) is 9.21 Å². The lowest BCUT2D eigenvalue weighted by Gasteiger charge is -2.23. The van der Waals surface area contributed by atoms with Gasteiger partial charge in [-0.05, 0) is 37.5 Å². The first-order valence-electron chi connectivity index (χ1n) is 9.33. The third-order valence-corrected chi connectivity index (χ3v) is 7.47. The fourth-order valence-corrected chi connectivity index (χ4v) is 5.02. The number of rotatable bonds is 5. The van der Waals surface area contributed by atoms with Crippen LogP contribution in [0.3, 0.4) is 0 Å². The minimum atomic E-state index is -3.59. The van der Waals surface area contributed by atoms with Crippen LogP contribution in [0.25, 0.3) is 0 Å². The third kappa shape index (κ3) is 4.01. The molecule has 148 valence electrons. The standard InChI is InChI=1S/C19H27N3O4S/c1-13-8-9-15(11-17(13)27(25,26)21(2)3)20-19(24)14-10-18(23)22(12-14)16-6-4-5-7-16/h8-9,11,14,16H,4-7,10,12H2,1-3H3,(H,20,24)/t14-/m0/s1. The molecule has 7 nitrogen and oxygen atoms in total. The molecule has 2 amide bonds. The van der Waals surface area contributed by atoms with Gasteiger partial charge in [0, 0.05) is 38.8 Å². The molecule has 8 heteroatoms. The summed E-state index contributed by atoms with van der Waals surface area (Å²) in [5.41, 5.74) is 1.04. The lowest BCUT2D eigenvalue weighted by atomic mass is 10.1. The molecule has 1 aromatic rings. The van der Waals surface area contributed by atoms with E-state index >= 15 is 0 Å². The number of aryl methyl sites for hydroxylation is 1. The summed E-state index contributed by atoms with van der Waals surface area (Å²) in [4.78, 5) is 27.0. The van der Waals surface area contributed by atoms with Crippen LogP contribution in [0.1, 0.15) is 37.7 Å². The van der Waals surface area contributed by atoms with Crippen molar-refractivity contribution in [3.05, 3.63) is 23.8 Å². The zero-order chi connectivity index (χ0) is 19.8. The molecule has 1 saturated heterocycles. The number of nitrogens with zero attached hydrogens (tertiary/aromatic N) is 2. The second-order valence-electron chi connectivity index (χ2n) is 7.64. The van der Waals surface area contributed by atoms with Gasteiger partial charge >= 0.3 is 0 Å². The number of anilines is 1. The van der Waals surface area contributed by atoms with Gasteiger partial charge in [-0.15, -0.1) is 0 Å². The van der Waals surface area contributed by atoms with Crippen LogP contribution in [0.15, 0.2) is 23.1 Å². The number of nitrogens with one attached hydrogen (secondary N) is 1. The van der Waals surface area contributed by atoms with Crippen molar-refractivity contribution in [2.75, 3.05) is 26.0 Å². The van der Waals surface area contributed by atoms with Crippen molar-refractivity contribution < 1.29 is 18.0 Å². The van der Waals surface area contributed by atoms with Gasteiger partial charge in [0.1, 0.15) is 0 Å². The molecule has 2 fully saturated rings. The summed E-state index contributed by atoms with van der Waals surface area (Å²) in [6.07, 6.45) is 4.53. The van der Waals surface area contributed by atoms with Crippen LogP contribution in [-0.4, -0.2) is 56.1 Å². The van der Waals surface area contributed by atoms with Crippen LogP contribution in [-0.2, 0) is 19.6 Å². The number of amides is 2. The molecule has 1 saturated carbocycles. The second kappa shape index (κ2) is 7.59. The maximum absolute atomic E-state index is 12.7. The molecule has 1 aromatic carbocycles. The lowest BCUT2D eigenvalue weighted by molar-refractivity contribution is -0.129. The van der Waals surface area contributed by atoms with Gasteiger partial charge in [-0.3, -0.25) is 9.59 Å². The summed E-state index contributed by atoms with van der Waals surface area (Å²) in [6.45, 7) is 2.17. The van der Waals surface area contributed by atoms with Crippen molar-refractivity contribution in [2.24, 2.45) is 5.92 Å². The average molecular weight is 394 g/mol. The summed E-state index contributed by atoms with van der Waals surface area (Å²) < 4.78 is 26.0. The lowest BCUT2D eigenvalue weighted by Crippen LogP contribution is -2.35. The summed E-state index contributed by atoms with van der Waals surface area (Å²) >= 11 is 0. The van der Waals surface area contributed by atoms with Crippen LogP contribution in [0.2, 0.25) is 0 Å². The predicted molar refractivity (Wildman–Crippen MR) is 103 cm³/mol. The topological polar surface area (TPSA) is 86.8 Å². The Labute approximate surface area is 160 Å². The van der Waals surface area contributed by atoms with Gasteiger partial charge in [0.2, 0.25) is 21.8 Å². The Morgan fingerprint density at radius 3 is 2.52 bits per heavy atom. The fourth-order valence-electron chi connectivity index (χ4n) is 3.87. The monoisotopic (exact) mass is 393 g/mol. The summed E-state index contributed by atoms with van der Waals surface area (Å²) in [6, 6.07) is 5.12. The van der Waals surface area contributed by atoms with Crippen LogP contribution in [0, 0.1) is 12.8 Å². The summed E-state index contributed by atoms with van der Waals surface area (Å²) in [5.74, 6) is -0.587. The minimum Gasteiger partial charge on any atom is -0.339 e. The molecule has 27 heavy (non-hydrogen) atoms. The quantitative estimate of drug-likeness (QED) is 0.829. The number of benzene rings is 1. The summed E-state index contributed by atoms with van der Waals surface area (Å²) in [7, 11) is -0.646. The molecular weight excluding hydrogens is 366 g/mol. The van der Waals surface area contributed by atoms with Crippen LogP contribution < -0.4 is 5.32 Å². The number of carbonyl (C=O) groups is 2. The molecular formula is C19H27N3O4S. The predicted octanol–water partition coefficient (Wildman–Crippen LogP) is 1.97. The van der Waals surface area contributed by atoms with Crippen molar-refractivity contribution in [1.29, 1.82) is 0 Å². The van der Waals surface area contributed by atoms with Gasteiger partial charge in [0.05, 0.1) is 10.8 Å². The van der Waals surface area contributed by atoms with Gasteiger partial charge in [-0.2, -0.15) is 0 Å². The zero-order valence-electron chi connectivity index (χ0n) is 16.1. The number of carbonyl (C=O) groups excluding carboxylic acids is 2. The van der Waals surface area contributed by atoms with Crippen LogP contribution in [0.4, 0.5) is 5.69 Å². The van der Waals surface area contributed by atoms with Crippen molar-refractivity contribution >= 4 is 27.5 Å². The number of sulfonamides is 1. The van der Waals surface area contributed by atoms with E-state index in [9.17, 15) is 18.0 Å². The van der Waals surface area contributed by atoms with Crippen molar-refractivity contribution in [3.63, 3.8) is 0 Å². The molecule has 1 aliphatic carbocycles. The number of likely N-dealkylation sites (tertiary alicyclic amines) is 1. The first-order chi connectivity index (χ1) is 12.7. The smallest absolute Gasteiger partial charge is 0.242 e. The molecule has 0 unspecified atom stereocenters. The van der Waals surface area contributed by atoms with Gasteiger partial charge in [0.25, 0.3) is 0 Å². The third-order valence-electron chi connectivity index (χ3n) is 5.51. The van der Waals surface area contributed by atoms with Gasteiger partial charge in [-0.25, -0.2) is 12.7 Å². The van der Waals surface area contributed by atoms with Crippen molar-refractivity contribution in [2.45, 2.75) is 50.0 Å². The molecule has 2 aliphatic rings. The molecule has 0 spiro atoms. The fraction of sp³-hybridized carbons (Fsp3) is 0.579. The van der Waals surface area contributed by atoms with Gasteiger partial charge in [-0.1, -0.05) is 18.9 Å². The molecule has 1 heterocycles. The zero-order valence-corrected chi connectivity index (χ0v) is 16.9. The molecule has 0 bridgehead atoms. The number of hydrogen-bond donors (Lipinski definition) is 1. The van der Waals surface area contributed by atoms with E-state index < -0.39 is 15.9 Å². The Morgan fingerprint density at radius 2 is 1.89 bits per heavy atom. The van der Waals surface area contributed by atoms with E-state index in [4.69, 9.17) is 0 Å². The highest BCUT2D eigenvalue weighted by Crippen LogP contribution is 2.30. The highest BCUT2D eigenvalue weighted by Gasteiger charge is 2.38. The van der Waals surface area contributed by atoms with E-state index in [-0.39, 0.29) is 29.2 Å². The molecule has 0 aromatic heterocycles. The first kappa shape index (κ1) is 19.8. The molecule has 1 atom stereocenters. The maximum atomic E-state index is 12.7. The Balaban J connectivity index is 1.72. The van der Waals surface area contributed by atoms with E-state index in [2.05, 4.69) is 5.32 Å². The number of hydrogen-bond acceptors (Lipinski definition) is 4. The first-order valence-corrected chi connectivity index (χ1v) is 10.8.